The molecular weight excluding hydrogens is 336 g/mol. The molecule has 0 saturated heterocycles. The van der Waals surface area contributed by atoms with Crippen LogP contribution in [0.5, 0.6) is 0 Å². The van der Waals surface area contributed by atoms with Crippen LogP contribution in [0.2, 0.25) is 0 Å². The molecule has 3 heteroatoms. The molecule has 3 aromatic carbocycles. The zero-order chi connectivity index (χ0) is 19.1. The Morgan fingerprint density at radius 2 is 1.07 bits per heavy atom. The van der Waals surface area contributed by atoms with Gasteiger partial charge >= 0.3 is 11.9 Å². The first-order chi connectivity index (χ1) is 13.2. The minimum absolute atomic E-state index is 0.209. The number of benzene rings is 3. The Balaban J connectivity index is 2.26. The van der Waals surface area contributed by atoms with Gasteiger partial charge in [-0.2, -0.15) is 0 Å². The summed E-state index contributed by atoms with van der Waals surface area (Å²) in [5, 5.41) is 0. The van der Waals surface area contributed by atoms with Crippen LogP contribution in [0.3, 0.4) is 0 Å². The number of ether oxygens (including phenoxy) is 1. The molecule has 0 amide bonds. The minimum Gasteiger partial charge on any atom is -0.392 e. The van der Waals surface area contributed by atoms with Crippen molar-refractivity contribution in [3.63, 3.8) is 0 Å². The molecule has 0 aliphatic rings. The maximum Gasteiger partial charge on any atom is 0.333 e. The molecule has 0 heterocycles. The maximum atomic E-state index is 13.5. The van der Waals surface area contributed by atoms with Gasteiger partial charge in [0.2, 0.25) is 0 Å². The standard InChI is InChI=1S/C24H22O3/c1-2-12-22(25)27-23(26)24(19-13-6-3-7-14-19,20-15-8-4-9-16-20)21-17-10-5-11-18-21/h3-11,13-18H,2,12H2,1H3. The zero-order valence-corrected chi connectivity index (χ0v) is 15.3. The predicted octanol–water partition coefficient (Wildman–Crippen LogP) is 4.89. The Kier molecular flexibility index (Phi) is 5.82. The third-order valence-electron chi connectivity index (χ3n) is 4.59. The summed E-state index contributed by atoms with van der Waals surface area (Å²) in [4.78, 5) is 25.7. The fourth-order valence-corrected chi connectivity index (χ4v) is 3.35. The Labute approximate surface area is 159 Å². The van der Waals surface area contributed by atoms with Crippen LogP contribution in [0.25, 0.3) is 0 Å². The highest BCUT2D eigenvalue weighted by molar-refractivity contribution is 5.98. The first-order valence-electron chi connectivity index (χ1n) is 9.11. The van der Waals surface area contributed by atoms with Crippen molar-refractivity contribution in [1.29, 1.82) is 0 Å². The van der Waals surface area contributed by atoms with E-state index < -0.39 is 17.4 Å². The van der Waals surface area contributed by atoms with Crippen molar-refractivity contribution in [2.45, 2.75) is 25.2 Å². The van der Waals surface area contributed by atoms with E-state index in [1.807, 2.05) is 97.9 Å². The molecule has 0 bridgehead atoms. The lowest BCUT2D eigenvalue weighted by Gasteiger charge is -2.33. The van der Waals surface area contributed by atoms with Crippen LogP contribution in [0.15, 0.2) is 91.0 Å². The van der Waals surface area contributed by atoms with Crippen LogP contribution in [0, 0.1) is 0 Å². The fourth-order valence-electron chi connectivity index (χ4n) is 3.35. The normalized spacial score (nSPS) is 11.0. The predicted molar refractivity (Wildman–Crippen MR) is 105 cm³/mol. The van der Waals surface area contributed by atoms with Crippen molar-refractivity contribution in [2.75, 3.05) is 0 Å². The summed E-state index contributed by atoms with van der Waals surface area (Å²) in [6.07, 6.45) is 0.835. The second-order valence-electron chi connectivity index (χ2n) is 6.36. The van der Waals surface area contributed by atoms with Crippen molar-refractivity contribution < 1.29 is 14.3 Å². The van der Waals surface area contributed by atoms with Gasteiger partial charge in [0.05, 0.1) is 0 Å². The molecule has 0 N–H and O–H groups in total. The van der Waals surface area contributed by atoms with Crippen LogP contribution in [0.4, 0.5) is 0 Å². The molecule has 3 rings (SSSR count). The van der Waals surface area contributed by atoms with Crippen LogP contribution in [0.1, 0.15) is 36.5 Å². The van der Waals surface area contributed by atoms with Gasteiger partial charge in [-0.25, -0.2) is 4.79 Å². The van der Waals surface area contributed by atoms with E-state index in [0.717, 1.165) is 16.7 Å². The third-order valence-corrected chi connectivity index (χ3v) is 4.59. The molecule has 0 unspecified atom stereocenters. The third kappa shape index (κ3) is 3.68. The van der Waals surface area contributed by atoms with Crippen LogP contribution in [-0.2, 0) is 19.7 Å². The zero-order valence-electron chi connectivity index (χ0n) is 15.3. The van der Waals surface area contributed by atoms with Crippen molar-refractivity contribution in [3.05, 3.63) is 108 Å². The van der Waals surface area contributed by atoms with Gasteiger partial charge in [0.1, 0.15) is 5.41 Å². The van der Waals surface area contributed by atoms with Gasteiger partial charge in [0.15, 0.2) is 0 Å². The van der Waals surface area contributed by atoms with Crippen LogP contribution in [-0.4, -0.2) is 11.9 Å². The molecule has 0 aliphatic carbocycles. The van der Waals surface area contributed by atoms with E-state index in [1.165, 1.54) is 0 Å². The summed E-state index contributed by atoms with van der Waals surface area (Å²) in [7, 11) is 0. The number of esters is 2. The molecule has 0 radical (unpaired) electrons. The van der Waals surface area contributed by atoms with Crippen molar-refractivity contribution in [1.82, 2.24) is 0 Å². The van der Waals surface area contributed by atoms with Gasteiger partial charge in [0.25, 0.3) is 0 Å². The Morgan fingerprint density at radius 3 is 1.41 bits per heavy atom. The molecular formula is C24H22O3. The van der Waals surface area contributed by atoms with Crippen molar-refractivity contribution in [2.24, 2.45) is 0 Å². The topological polar surface area (TPSA) is 43.4 Å². The smallest absolute Gasteiger partial charge is 0.333 e. The lowest BCUT2D eigenvalue weighted by molar-refractivity contribution is -0.162. The Morgan fingerprint density at radius 1 is 0.704 bits per heavy atom. The van der Waals surface area contributed by atoms with Gasteiger partial charge in [0, 0.05) is 6.42 Å². The Bertz CT molecular complexity index is 790. The highest BCUT2D eigenvalue weighted by atomic mass is 16.6. The molecule has 27 heavy (non-hydrogen) atoms. The highest BCUT2D eigenvalue weighted by Crippen LogP contribution is 2.40. The monoisotopic (exact) mass is 358 g/mol. The lowest BCUT2D eigenvalue weighted by Crippen LogP contribution is -2.41. The molecule has 136 valence electrons. The van der Waals surface area contributed by atoms with Gasteiger partial charge in [-0.15, -0.1) is 0 Å². The number of carbonyl (C=O) groups is 2. The summed E-state index contributed by atoms with van der Waals surface area (Å²) < 4.78 is 5.34. The first kappa shape index (κ1) is 18.6. The van der Waals surface area contributed by atoms with E-state index in [-0.39, 0.29) is 6.42 Å². The molecule has 0 saturated carbocycles. The van der Waals surface area contributed by atoms with Crippen molar-refractivity contribution in [3.8, 4) is 0 Å². The molecule has 0 spiro atoms. The Hall–Kier alpha value is -3.20. The average molecular weight is 358 g/mol. The summed E-state index contributed by atoms with van der Waals surface area (Å²) in [6, 6.07) is 28.4. The number of carbonyl (C=O) groups excluding carboxylic acids is 2. The molecule has 3 nitrogen and oxygen atoms in total. The highest BCUT2D eigenvalue weighted by Gasteiger charge is 2.46. The second kappa shape index (κ2) is 8.45. The quantitative estimate of drug-likeness (QED) is 0.358. The summed E-state index contributed by atoms with van der Waals surface area (Å²) in [6.45, 7) is 1.88. The second-order valence-corrected chi connectivity index (χ2v) is 6.36. The molecule has 3 aromatic rings. The summed E-state index contributed by atoms with van der Waals surface area (Å²) in [5.41, 5.74) is 1.07. The van der Waals surface area contributed by atoms with E-state index in [1.54, 1.807) is 0 Å². The van der Waals surface area contributed by atoms with Gasteiger partial charge in [-0.3, -0.25) is 4.79 Å². The van der Waals surface area contributed by atoms with Crippen LogP contribution >= 0.6 is 0 Å². The van der Waals surface area contributed by atoms with Crippen LogP contribution < -0.4 is 0 Å². The number of hydrogen-bond acceptors (Lipinski definition) is 3. The first-order valence-corrected chi connectivity index (χ1v) is 9.11. The summed E-state index contributed by atoms with van der Waals surface area (Å²) in [5.74, 6) is -1.08. The maximum absolute atomic E-state index is 13.5. The average Bonchev–Trinajstić information content (AvgIpc) is 2.71. The van der Waals surface area contributed by atoms with E-state index in [0.29, 0.717) is 6.42 Å². The number of rotatable bonds is 6. The van der Waals surface area contributed by atoms with Gasteiger partial charge in [-0.05, 0) is 23.1 Å². The fraction of sp³-hybridized carbons (Fsp3) is 0.167. The number of hydrogen-bond donors (Lipinski definition) is 0. The lowest BCUT2D eigenvalue weighted by atomic mass is 9.69. The van der Waals surface area contributed by atoms with E-state index in [4.69, 9.17) is 4.74 Å². The van der Waals surface area contributed by atoms with Gasteiger partial charge < -0.3 is 4.74 Å². The molecule has 0 atom stereocenters. The largest absolute Gasteiger partial charge is 0.392 e. The van der Waals surface area contributed by atoms with E-state index in [9.17, 15) is 9.59 Å². The van der Waals surface area contributed by atoms with E-state index in [2.05, 4.69) is 0 Å². The minimum atomic E-state index is -1.22. The molecule has 0 aromatic heterocycles. The van der Waals surface area contributed by atoms with Gasteiger partial charge in [-0.1, -0.05) is 97.9 Å². The molecule has 0 fully saturated rings. The van der Waals surface area contributed by atoms with E-state index >= 15 is 0 Å². The summed E-state index contributed by atoms with van der Waals surface area (Å²) >= 11 is 0. The SMILES string of the molecule is CCCC(=O)OC(=O)C(c1ccccc1)(c1ccccc1)c1ccccc1. The molecule has 0 aliphatic heterocycles. The van der Waals surface area contributed by atoms with Crippen molar-refractivity contribution >= 4 is 11.9 Å².